The monoisotopic (exact) mass is 441 g/mol. The van der Waals surface area contributed by atoms with Crippen molar-refractivity contribution in [3.63, 3.8) is 0 Å². The standard InChI is InChI=1S/C23H31N5O4/c1-15(2)32-22(29)26-13-16(3)28(23(30)31-4)20-6-5-17(11-21(20)26)18-12-25-27(14-18)19-7-9-24-10-8-19/h5-6,11-12,14-16,19,24H,7-10,13H2,1-4H3. The summed E-state index contributed by atoms with van der Waals surface area (Å²) in [5.41, 5.74) is 3.12. The Bertz CT molecular complexity index is 983. The van der Waals surface area contributed by atoms with Crippen molar-refractivity contribution in [3.8, 4) is 11.1 Å². The van der Waals surface area contributed by atoms with Crippen molar-refractivity contribution >= 4 is 23.6 Å². The van der Waals surface area contributed by atoms with E-state index in [4.69, 9.17) is 9.47 Å². The number of piperidine rings is 1. The van der Waals surface area contributed by atoms with Gasteiger partial charge in [-0.3, -0.25) is 14.5 Å². The molecule has 1 N–H and O–H groups in total. The molecule has 3 heterocycles. The van der Waals surface area contributed by atoms with E-state index in [1.165, 1.54) is 7.11 Å². The molecule has 1 saturated heterocycles. The van der Waals surface area contributed by atoms with Gasteiger partial charge in [0.05, 0.1) is 49.4 Å². The van der Waals surface area contributed by atoms with Crippen molar-refractivity contribution in [3.05, 3.63) is 30.6 Å². The molecule has 172 valence electrons. The first kappa shape index (κ1) is 22.1. The first-order valence-corrected chi connectivity index (χ1v) is 11.1. The average molecular weight is 442 g/mol. The number of nitrogens with one attached hydrogen (secondary N) is 1. The summed E-state index contributed by atoms with van der Waals surface area (Å²) in [6.07, 6.45) is 4.87. The minimum Gasteiger partial charge on any atom is -0.452 e. The molecule has 9 heteroatoms. The molecule has 0 aliphatic carbocycles. The fourth-order valence-corrected chi connectivity index (χ4v) is 4.38. The zero-order valence-corrected chi connectivity index (χ0v) is 19.1. The van der Waals surface area contributed by atoms with Crippen LogP contribution in [0, 0.1) is 0 Å². The highest BCUT2D eigenvalue weighted by Gasteiger charge is 2.36. The van der Waals surface area contributed by atoms with Gasteiger partial charge in [-0.15, -0.1) is 0 Å². The van der Waals surface area contributed by atoms with Crippen LogP contribution in [0.5, 0.6) is 0 Å². The summed E-state index contributed by atoms with van der Waals surface area (Å²) in [4.78, 5) is 28.5. The number of amides is 2. The van der Waals surface area contributed by atoms with Crippen LogP contribution in [0.2, 0.25) is 0 Å². The lowest BCUT2D eigenvalue weighted by Crippen LogP contribution is -2.52. The first-order valence-electron chi connectivity index (χ1n) is 11.1. The second kappa shape index (κ2) is 9.20. The number of benzene rings is 1. The van der Waals surface area contributed by atoms with Gasteiger partial charge >= 0.3 is 12.2 Å². The molecular weight excluding hydrogens is 410 g/mol. The van der Waals surface area contributed by atoms with Gasteiger partial charge in [0, 0.05) is 11.8 Å². The Kier molecular flexibility index (Phi) is 6.36. The van der Waals surface area contributed by atoms with Gasteiger partial charge in [-0.1, -0.05) is 6.07 Å². The third-order valence-corrected chi connectivity index (χ3v) is 5.96. The molecule has 2 amide bonds. The summed E-state index contributed by atoms with van der Waals surface area (Å²) in [6.45, 7) is 7.81. The predicted molar refractivity (Wildman–Crippen MR) is 122 cm³/mol. The Labute approximate surface area is 188 Å². The molecule has 1 unspecified atom stereocenters. The average Bonchev–Trinajstić information content (AvgIpc) is 3.28. The first-order chi connectivity index (χ1) is 15.4. The molecular formula is C23H31N5O4. The van der Waals surface area contributed by atoms with Crippen molar-refractivity contribution in [2.45, 2.75) is 51.8 Å². The SMILES string of the molecule is COC(=O)N1c2ccc(-c3cnn(C4CCNCC4)c3)cc2N(C(=O)OC(C)C)CC1C. The van der Waals surface area contributed by atoms with Crippen LogP contribution in [-0.4, -0.2) is 60.9 Å². The predicted octanol–water partition coefficient (Wildman–Crippen LogP) is 3.80. The van der Waals surface area contributed by atoms with Crippen molar-refractivity contribution in [2.24, 2.45) is 0 Å². The molecule has 1 aromatic heterocycles. The quantitative estimate of drug-likeness (QED) is 0.779. The molecule has 32 heavy (non-hydrogen) atoms. The Balaban J connectivity index is 1.71. The van der Waals surface area contributed by atoms with Crippen LogP contribution in [-0.2, 0) is 9.47 Å². The number of hydrogen-bond donors (Lipinski definition) is 1. The van der Waals surface area contributed by atoms with Crippen molar-refractivity contribution in [1.82, 2.24) is 15.1 Å². The number of carbonyl (C=O) groups is 2. The smallest absolute Gasteiger partial charge is 0.414 e. The van der Waals surface area contributed by atoms with Crippen LogP contribution in [0.15, 0.2) is 30.6 Å². The van der Waals surface area contributed by atoms with Gasteiger partial charge in [0.1, 0.15) is 0 Å². The van der Waals surface area contributed by atoms with Crippen LogP contribution < -0.4 is 15.1 Å². The highest BCUT2D eigenvalue weighted by atomic mass is 16.6. The highest BCUT2D eigenvalue weighted by molar-refractivity contribution is 6.01. The van der Waals surface area contributed by atoms with E-state index < -0.39 is 12.2 Å². The molecule has 4 rings (SSSR count). The second-order valence-electron chi connectivity index (χ2n) is 8.63. The Morgan fingerprint density at radius 3 is 2.56 bits per heavy atom. The molecule has 1 aromatic carbocycles. The summed E-state index contributed by atoms with van der Waals surface area (Å²) < 4.78 is 12.5. The van der Waals surface area contributed by atoms with Crippen molar-refractivity contribution in [1.29, 1.82) is 0 Å². The number of nitrogens with zero attached hydrogens (tertiary/aromatic N) is 4. The number of anilines is 2. The van der Waals surface area contributed by atoms with Crippen molar-refractivity contribution < 1.29 is 19.1 Å². The number of rotatable bonds is 3. The van der Waals surface area contributed by atoms with Gasteiger partial charge in [0.25, 0.3) is 0 Å². The molecule has 2 aliphatic rings. The molecule has 2 aromatic rings. The van der Waals surface area contributed by atoms with Gasteiger partial charge in [0.15, 0.2) is 0 Å². The van der Waals surface area contributed by atoms with Crippen LogP contribution in [0.3, 0.4) is 0 Å². The van der Waals surface area contributed by atoms with E-state index in [1.807, 2.05) is 49.8 Å². The third-order valence-electron chi connectivity index (χ3n) is 5.96. The summed E-state index contributed by atoms with van der Waals surface area (Å²) in [5.74, 6) is 0. The Morgan fingerprint density at radius 2 is 1.88 bits per heavy atom. The Morgan fingerprint density at radius 1 is 1.12 bits per heavy atom. The minimum atomic E-state index is -0.456. The van der Waals surface area contributed by atoms with Gasteiger partial charge < -0.3 is 14.8 Å². The van der Waals surface area contributed by atoms with E-state index in [9.17, 15) is 9.59 Å². The minimum absolute atomic E-state index is 0.244. The molecule has 9 nitrogen and oxygen atoms in total. The highest BCUT2D eigenvalue weighted by Crippen LogP contribution is 2.39. The summed E-state index contributed by atoms with van der Waals surface area (Å²) in [5, 5.41) is 7.96. The summed E-state index contributed by atoms with van der Waals surface area (Å²) >= 11 is 0. The molecule has 0 radical (unpaired) electrons. The van der Waals surface area contributed by atoms with E-state index in [2.05, 4.69) is 16.6 Å². The maximum atomic E-state index is 12.9. The number of hydrogen-bond acceptors (Lipinski definition) is 6. The van der Waals surface area contributed by atoms with E-state index in [-0.39, 0.29) is 12.1 Å². The van der Waals surface area contributed by atoms with Crippen LogP contribution >= 0.6 is 0 Å². The Hall–Kier alpha value is -3.07. The zero-order valence-electron chi connectivity index (χ0n) is 19.1. The van der Waals surface area contributed by atoms with Crippen molar-refractivity contribution in [2.75, 3.05) is 36.5 Å². The lowest BCUT2D eigenvalue weighted by molar-refractivity contribution is 0.121. The van der Waals surface area contributed by atoms with Crippen LogP contribution in [0.4, 0.5) is 21.0 Å². The maximum absolute atomic E-state index is 12.9. The van der Waals surface area contributed by atoms with E-state index >= 15 is 0 Å². The number of fused-ring (bicyclic) bond motifs is 1. The summed E-state index contributed by atoms with van der Waals surface area (Å²) in [7, 11) is 1.36. The maximum Gasteiger partial charge on any atom is 0.414 e. The fourth-order valence-electron chi connectivity index (χ4n) is 4.38. The number of methoxy groups -OCH3 is 1. The largest absolute Gasteiger partial charge is 0.452 e. The van der Waals surface area contributed by atoms with Gasteiger partial charge in [-0.2, -0.15) is 5.10 Å². The number of aromatic nitrogens is 2. The summed E-state index contributed by atoms with van der Waals surface area (Å²) in [6, 6.07) is 5.85. The molecule has 0 saturated carbocycles. The van der Waals surface area contributed by atoms with Gasteiger partial charge in [0.2, 0.25) is 0 Å². The van der Waals surface area contributed by atoms with E-state index in [0.29, 0.717) is 24.0 Å². The third kappa shape index (κ3) is 4.29. The lowest BCUT2D eigenvalue weighted by Gasteiger charge is -2.40. The lowest BCUT2D eigenvalue weighted by atomic mass is 10.0. The fraction of sp³-hybridized carbons (Fsp3) is 0.522. The number of carbonyl (C=O) groups excluding carboxylic acids is 2. The molecule has 0 bridgehead atoms. The molecule has 2 aliphatic heterocycles. The van der Waals surface area contributed by atoms with E-state index in [0.717, 1.165) is 37.1 Å². The number of ether oxygens (including phenoxy) is 2. The normalized spacial score (nSPS) is 19.1. The second-order valence-corrected chi connectivity index (χ2v) is 8.63. The van der Waals surface area contributed by atoms with Gasteiger partial charge in [-0.05, 0) is 64.4 Å². The van der Waals surface area contributed by atoms with Gasteiger partial charge in [-0.25, -0.2) is 9.59 Å². The molecule has 1 fully saturated rings. The zero-order chi connectivity index (χ0) is 22.8. The van der Waals surface area contributed by atoms with E-state index in [1.54, 1.807) is 9.80 Å². The molecule has 0 spiro atoms. The van der Waals surface area contributed by atoms with Crippen LogP contribution in [0.1, 0.15) is 39.7 Å². The topological polar surface area (TPSA) is 88.9 Å². The van der Waals surface area contributed by atoms with Crippen LogP contribution in [0.25, 0.3) is 11.1 Å². The molecule has 1 atom stereocenters.